The Morgan fingerprint density at radius 1 is 1.48 bits per heavy atom. The largest absolute Gasteiger partial charge is 0.355 e. The predicted molar refractivity (Wildman–Crippen MR) is 83.3 cm³/mol. The van der Waals surface area contributed by atoms with E-state index in [4.69, 9.17) is 0 Å². The summed E-state index contributed by atoms with van der Waals surface area (Å²) in [6.07, 6.45) is 1.08. The molecule has 0 aliphatic carbocycles. The van der Waals surface area contributed by atoms with Crippen LogP contribution in [0.1, 0.15) is 35.8 Å². The number of carbonyl (C=O) groups is 2. The smallest absolute Gasteiger partial charge is 0.225 e. The van der Waals surface area contributed by atoms with Crippen molar-refractivity contribution in [1.82, 2.24) is 15.2 Å². The van der Waals surface area contributed by atoms with E-state index in [2.05, 4.69) is 17.2 Å². The lowest BCUT2D eigenvalue weighted by Gasteiger charge is -2.20. The van der Waals surface area contributed by atoms with Crippen LogP contribution in [0.3, 0.4) is 0 Å². The molecule has 2 heterocycles. The van der Waals surface area contributed by atoms with E-state index in [1.54, 1.807) is 16.2 Å². The highest BCUT2D eigenvalue weighted by Crippen LogP contribution is 2.20. The summed E-state index contributed by atoms with van der Waals surface area (Å²) in [6, 6.07) is 0.163. The van der Waals surface area contributed by atoms with Crippen molar-refractivity contribution in [2.24, 2.45) is 5.92 Å². The van der Waals surface area contributed by atoms with E-state index in [-0.39, 0.29) is 23.8 Å². The number of aromatic nitrogens is 1. The van der Waals surface area contributed by atoms with Crippen LogP contribution in [-0.4, -0.2) is 40.8 Å². The first-order valence-electron chi connectivity index (χ1n) is 7.38. The first kappa shape index (κ1) is 15.9. The Bertz CT molecular complexity index is 520. The van der Waals surface area contributed by atoms with Crippen LogP contribution in [0.5, 0.6) is 0 Å². The zero-order valence-corrected chi connectivity index (χ0v) is 13.9. The number of thiazole rings is 1. The molecule has 0 aromatic carbocycles. The second kappa shape index (κ2) is 6.56. The summed E-state index contributed by atoms with van der Waals surface area (Å²) in [5.74, 6) is -0.146. The molecule has 21 heavy (non-hydrogen) atoms. The molecule has 1 saturated heterocycles. The van der Waals surface area contributed by atoms with Crippen LogP contribution in [0.4, 0.5) is 0 Å². The van der Waals surface area contributed by atoms with Crippen LogP contribution in [-0.2, 0) is 16.0 Å². The van der Waals surface area contributed by atoms with E-state index >= 15 is 0 Å². The molecule has 2 amide bonds. The van der Waals surface area contributed by atoms with Crippen molar-refractivity contribution in [1.29, 1.82) is 0 Å². The van der Waals surface area contributed by atoms with Crippen molar-refractivity contribution in [2.45, 2.75) is 46.6 Å². The van der Waals surface area contributed by atoms with Crippen LogP contribution in [0, 0.1) is 19.8 Å². The maximum Gasteiger partial charge on any atom is 0.225 e. The summed E-state index contributed by atoms with van der Waals surface area (Å²) in [5.41, 5.74) is 1.07. The van der Waals surface area contributed by atoms with Gasteiger partial charge in [-0.25, -0.2) is 4.98 Å². The van der Waals surface area contributed by atoms with E-state index in [0.717, 1.165) is 17.1 Å². The van der Waals surface area contributed by atoms with E-state index < -0.39 is 0 Å². The monoisotopic (exact) mass is 309 g/mol. The van der Waals surface area contributed by atoms with Gasteiger partial charge < -0.3 is 10.2 Å². The molecule has 0 saturated carbocycles. The molecule has 1 atom stereocenters. The second-order valence-electron chi connectivity index (χ2n) is 5.83. The summed E-state index contributed by atoms with van der Waals surface area (Å²) in [6.45, 7) is 9.13. The molecule has 2 rings (SSSR count). The number of aryl methyl sites for hydroxylation is 2. The molecular weight excluding hydrogens is 286 g/mol. The van der Waals surface area contributed by atoms with Crippen LogP contribution in [0.15, 0.2) is 0 Å². The first-order valence-corrected chi connectivity index (χ1v) is 8.20. The lowest BCUT2D eigenvalue weighted by atomic mass is 10.1. The molecule has 116 valence electrons. The van der Waals surface area contributed by atoms with Gasteiger partial charge in [0.2, 0.25) is 11.8 Å². The summed E-state index contributed by atoms with van der Waals surface area (Å²) in [7, 11) is 0. The molecule has 0 spiro atoms. The van der Waals surface area contributed by atoms with Gasteiger partial charge in [0.15, 0.2) is 0 Å². The average molecular weight is 309 g/mol. The third-order valence-electron chi connectivity index (χ3n) is 3.86. The number of nitrogens with zero attached hydrogens (tertiary/aromatic N) is 2. The molecule has 1 aromatic heterocycles. The van der Waals surface area contributed by atoms with Gasteiger partial charge in [-0.1, -0.05) is 0 Å². The van der Waals surface area contributed by atoms with Gasteiger partial charge in [-0.3, -0.25) is 9.59 Å². The van der Waals surface area contributed by atoms with E-state index in [1.165, 1.54) is 4.88 Å². The number of carbonyl (C=O) groups excluding carboxylic acids is 2. The Morgan fingerprint density at radius 2 is 2.19 bits per heavy atom. The zero-order chi connectivity index (χ0) is 15.6. The zero-order valence-electron chi connectivity index (χ0n) is 13.1. The molecule has 0 radical (unpaired) electrons. The fraction of sp³-hybridized carbons (Fsp3) is 0.667. The highest BCUT2D eigenvalue weighted by molar-refractivity contribution is 7.11. The SMILES string of the molecule is Cc1nc(CCNC(=O)C2CC(=O)N(C(C)C)C2)sc1C. The molecule has 1 unspecified atom stereocenters. The molecule has 1 fully saturated rings. The minimum Gasteiger partial charge on any atom is -0.355 e. The van der Waals surface area contributed by atoms with Crippen molar-refractivity contribution in [3.05, 3.63) is 15.6 Å². The third-order valence-corrected chi connectivity index (χ3v) is 5.00. The Balaban J connectivity index is 1.79. The topological polar surface area (TPSA) is 62.3 Å². The summed E-state index contributed by atoms with van der Waals surface area (Å²) in [5, 5.41) is 3.98. The van der Waals surface area contributed by atoms with Crippen molar-refractivity contribution >= 4 is 23.2 Å². The Hall–Kier alpha value is -1.43. The second-order valence-corrected chi connectivity index (χ2v) is 7.12. The van der Waals surface area contributed by atoms with Gasteiger partial charge in [0.1, 0.15) is 0 Å². The number of hydrogen-bond donors (Lipinski definition) is 1. The van der Waals surface area contributed by atoms with Crippen LogP contribution < -0.4 is 5.32 Å². The van der Waals surface area contributed by atoms with Gasteiger partial charge in [0, 0.05) is 36.9 Å². The third kappa shape index (κ3) is 3.81. The standard InChI is InChI=1S/C15H23N3O2S/c1-9(2)18-8-12(7-14(18)19)15(20)16-6-5-13-17-10(3)11(4)21-13/h9,12H,5-8H2,1-4H3,(H,16,20). The Labute approximate surface area is 129 Å². The maximum atomic E-state index is 12.1. The van der Waals surface area contributed by atoms with E-state index in [9.17, 15) is 9.59 Å². The van der Waals surface area contributed by atoms with Crippen LogP contribution in [0.2, 0.25) is 0 Å². The van der Waals surface area contributed by atoms with Gasteiger partial charge in [-0.15, -0.1) is 11.3 Å². The molecule has 0 bridgehead atoms. The van der Waals surface area contributed by atoms with Gasteiger partial charge in [0.25, 0.3) is 0 Å². The van der Waals surface area contributed by atoms with Crippen molar-refractivity contribution < 1.29 is 9.59 Å². The number of hydrogen-bond acceptors (Lipinski definition) is 4. The molecule has 1 aromatic rings. The van der Waals surface area contributed by atoms with Crippen molar-refractivity contribution in [2.75, 3.05) is 13.1 Å². The molecular formula is C15H23N3O2S. The number of rotatable bonds is 5. The van der Waals surface area contributed by atoms with Crippen molar-refractivity contribution in [3.63, 3.8) is 0 Å². The molecule has 6 heteroatoms. The summed E-state index contributed by atoms with van der Waals surface area (Å²) >= 11 is 1.68. The quantitative estimate of drug-likeness (QED) is 0.900. The van der Waals surface area contributed by atoms with Gasteiger partial charge in [0.05, 0.1) is 16.6 Å². The highest BCUT2D eigenvalue weighted by atomic mass is 32.1. The minimum atomic E-state index is -0.209. The van der Waals surface area contributed by atoms with Crippen molar-refractivity contribution in [3.8, 4) is 0 Å². The lowest BCUT2D eigenvalue weighted by Crippen LogP contribution is -2.36. The number of nitrogens with one attached hydrogen (secondary N) is 1. The summed E-state index contributed by atoms with van der Waals surface area (Å²) < 4.78 is 0. The normalized spacial score (nSPS) is 18.6. The van der Waals surface area contributed by atoms with Crippen LogP contribution >= 0.6 is 11.3 Å². The fourth-order valence-electron chi connectivity index (χ4n) is 2.49. The Kier molecular flexibility index (Phi) is 4.98. The molecule has 1 aliphatic heterocycles. The number of likely N-dealkylation sites (tertiary alicyclic amines) is 1. The van der Waals surface area contributed by atoms with Crippen LogP contribution in [0.25, 0.3) is 0 Å². The number of amides is 2. The summed E-state index contributed by atoms with van der Waals surface area (Å²) in [4.78, 5) is 31.4. The molecule has 1 aliphatic rings. The molecule has 1 N–H and O–H groups in total. The van der Waals surface area contributed by atoms with Gasteiger partial charge in [-0.05, 0) is 27.7 Å². The maximum absolute atomic E-state index is 12.1. The first-order chi connectivity index (χ1) is 9.88. The average Bonchev–Trinajstić information content (AvgIpc) is 2.93. The predicted octanol–water partition coefficient (Wildman–Crippen LogP) is 1.68. The minimum absolute atomic E-state index is 0.0171. The van der Waals surface area contributed by atoms with E-state index in [0.29, 0.717) is 19.5 Å². The van der Waals surface area contributed by atoms with E-state index in [1.807, 2.05) is 20.8 Å². The van der Waals surface area contributed by atoms with Gasteiger partial charge >= 0.3 is 0 Å². The van der Waals surface area contributed by atoms with Gasteiger partial charge in [-0.2, -0.15) is 0 Å². The lowest BCUT2D eigenvalue weighted by molar-refractivity contribution is -0.129. The fourth-order valence-corrected chi connectivity index (χ4v) is 3.42. The Morgan fingerprint density at radius 3 is 2.71 bits per heavy atom. The highest BCUT2D eigenvalue weighted by Gasteiger charge is 2.35. The molecule has 5 nitrogen and oxygen atoms in total.